The van der Waals surface area contributed by atoms with E-state index in [1.165, 1.54) is 38.9 Å². The van der Waals surface area contributed by atoms with Crippen molar-refractivity contribution in [1.82, 2.24) is 0 Å². The van der Waals surface area contributed by atoms with Crippen molar-refractivity contribution in [3.05, 3.63) is 112 Å². The summed E-state index contributed by atoms with van der Waals surface area (Å²) in [6, 6.07) is 24.8. The highest BCUT2D eigenvalue weighted by Gasteiger charge is 2.45. The van der Waals surface area contributed by atoms with E-state index in [0.717, 1.165) is 0 Å². The molecule has 23 heavy (non-hydrogen) atoms. The third kappa shape index (κ3) is 1.38. The van der Waals surface area contributed by atoms with E-state index in [9.17, 15) is 0 Å². The van der Waals surface area contributed by atoms with Gasteiger partial charge in [0, 0.05) is 5.92 Å². The Morgan fingerprint density at radius 2 is 1.30 bits per heavy atom. The molecular weight excluding hydrogens is 276 g/mol. The van der Waals surface area contributed by atoms with Crippen molar-refractivity contribution in [2.45, 2.75) is 25.2 Å². The monoisotopic (exact) mass is 295 g/mol. The van der Waals surface area contributed by atoms with Crippen LogP contribution in [0.25, 0.3) is 0 Å². The lowest BCUT2D eigenvalue weighted by Crippen LogP contribution is -2.42. The van der Waals surface area contributed by atoms with Gasteiger partial charge >= 0.3 is 0 Å². The van der Waals surface area contributed by atoms with E-state index in [-0.39, 0.29) is 5.41 Å². The Hall–Kier alpha value is -2.34. The van der Waals surface area contributed by atoms with Gasteiger partial charge in [-0.15, -0.1) is 0 Å². The molecule has 3 aromatic carbocycles. The van der Waals surface area contributed by atoms with E-state index in [1.54, 1.807) is 0 Å². The Morgan fingerprint density at radius 1 is 0.739 bits per heavy atom. The molecule has 0 N–H and O–H groups in total. The molecule has 3 aliphatic rings. The molecule has 0 aromatic heterocycles. The standard InChI is InChI=1S/C23H19/c1-3-23-19-13-6-4-10-16(19)21(17-11-5-7-14-20(17)23)18-12-8-9-15(2)22(18)23/h3-14,21H,1-2H3/q-1. The van der Waals surface area contributed by atoms with Gasteiger partial charge in [0.25, 0.3) is 0 Å². The molecule has 0 radical (unpaired) electrons. The van der Waals surface area contributed by atoms with Crippen LogP contribution in [0, 0.1) is 13.3 Å². The van der Waals surface area contributed by atoms with Crippen molar-refractivity contribution in [1.29, 1.82) is 0 Å². The van der Waals surface area contributed by atoms with E-state index in [0.29, 0.717) is 5.92 Å². The quantitative estimate of drug-likeness (QED) is 0.530. The zero-order valence-electron chi connectivity index (χ0n) is 13.5. The molecule has 0 heterocycles. The minimum atomic E-state index is -0.109. The van der Waals surface area contributed by atoms with Gasteiger partial charge in [0.2, 0.25) is 0 Å². The highest BCUT2D eigenvalue weighted by Crippen LogP contribution is 2.60. The van der Waals surface area contributed by atoms with Gasteiger partial charge in [-0.3, -0.25) is 0 Å². The molecule has 0 heteroatoms. The van der Waals surface area contributed by atoms with Crippen molar-refractivity contribution >= 4 is 0 Å². The first kappa shape index (κ1) is 13.1. The van der Waals surface area contributed by atoms with Crippen LogP contribution in [-0.4, -0.2) is 0 Å². The summed E-state index contributed by atoms with van der Waals surface area (Å²) in [6.07, 6.45) is 2.41. The van der Waals surface area contributed by atoms with Gasteiger partial charge < -0.3 is 6.42 Å². The van der Waals surface area contributed by atoms with Crippen molar-refractivity contribution in [3.8, 4) is 0 Å². The molecule has 0 saturated carbocycles. The Balaban J connectivity index is 2.02. The first-order valence-corrected chi connectivity index (χ1v) is 8.38. The van der Waals surface area contributed by atoms with Gasteiger partial charge in [-0.1, -0.05) is 88.8 Å². The van der Waals surface area contributed by atoms with E-state index in [2.05, 4.69) is 87.0 Å². The van der Waals surface area contributed by atoms with Crippen LogP contribution in [0.3, 0.4) is 0 Å². The minimum Gasteiger partial charge on any atom is -0.312 e. The van der Waals surface area contributed by atoms with Crippen LogP contribution in [-0.2, 0) is 5.41 Å². The molecule has 0 saturated heterocycles. The highest BCUT2D eigenvalue weighted by molar-refractivity contribution is 5.74. The van der Waals surface area contributed by atoms with Crippen LogP contribution in [0.15, 0.2) is 66.7 Å². The fraction of sp³-hybridized carbons (Fsp3) is 0.174. The summed E-state index contributed by atoms with van der Waals surface area (Å²) in [6.45, 7) is 4.48. The second-order valence-corrected chi connectivity index (χ2v) is 6.74. The summed E-state index contributed by atoms with van der Waals surface area (Å²) in [5.74, 6) is 0.374. The zero-order valence-corrected chi connectivity index (χ0v) is 13.5. The molecule has 0 aliphatic heterocycles. The largest absolute Gasteiger partial charge is 0.312 e. The number of hydrogen-bond acceptors (Lipinski definition) is 0. The van der Waals surface area contributed by atoms with Gasteiger partial charge in [-0.25, -0.2) is 0 Å². The minimum absolute atomic E-state index is 0.109. The van der Waals surface area contributed by atoms with E-state index < -0.39 is 0 Å². The van der Waals surface area contributed by atoms with Crippen LogP contribution in [0.5, 0.6) is 0 Å². The summed E-state index contributed by atoms with van der Waals surface area (Å²) in [5, 5.41) is 0. The smallest absolute Gasteiger partial charge is 0.0346 e. The molecule has 3 aliphatic carbocycles. The zero-order chi connectivity index (χ0) is 15.6. The molecular formula is C23H19-. The predicted molar refractivity (Wildman–Crippen MR) is 94.9 cm³/mol. The van der Waals surface area contributed by atoms with Gasteiger partial charge in [-0.2, -0.15) is 6.92 Å². The molecule has 0 atom stereocenters. The average Bonchev–Trinajstić information content (AvgIpc) is 2.61. The summed E-state index contributed by atoms with van der Waals surface area (Å²) < 4.78 is 0. The molecule has 6 rings (SSSR count). The second-order valence-electron chi connectivity index (χ2n) is 6.74. The van der Waals surface area contributed by atoms with E-state index in [1.807, 2.05) is 0 Å². The third-order valence-electron chi connectivity index (χ3n) is 5.84. The molecule has 3 aromatic rings. The number of aryl methyl sites for hydroxylation is 1. The molecule has 112 valence electrons. The van der Waals surface area contributed by atoms with Crippen LogP contribution in [0.4, 0.5) is 0 Å². The fourth-order valence-corrected chi connectivity index (χ4v) is 5.06. The predicted octanol–water partition coefficient (Wildman–Crippen LogP) is 5.36. The molecule has 0 spiro atoms. The fourth-order valence-electron chi connectivity index (χ4n) is 5.06. The van der Waals surface area contributed by atoms with Gasteiger partial charge in [0.1, 0.15) is 0 Å². The SMILES string of the molecule is C[CH-]C12c3ccccc3C(c3ccccc31)c1cccc(C)c12. The summed E-state index contributed by atoms with van der Waals surface area (Å²) in [4.78, 5) is 0. The molecule has 0 fully saturated rings. The topological polar surface area (TPSA) is 0 Å². The average molecular weight is 295 g/mol. The number of hydrogen-bond donors (Lipinski definition) is 0. The maximum Gasteiger partial charge on any atom is 0.0346 e. The number of benzene rings is 3. The van der Waals surface area contributed by atoms with Gasteiger partial charge in [0.15, 0.2) is 0 Å². The van der Waals surface area contributed by atoms with Gasteiger partial charge in [-0.05, 0) is 29.2 Å². The van der Waals surface area contributed by atoms with Crippen molar-refractivity contribution in [2.24, 2.45) is 0 Å². The lowest BCUT2D eigenvalue weighted by atomic mass is 9.51. The van der Waals surface area contributed by atoms with E-state index >= 15 is 0 Å². The first-order valence-electron chi connectivity index (χ1n) is 8.38. The lowest BCUT2D eigenvalue weighted by molar-refractivity contribution is 0.608. The first-order chi connectivity index (χ1) is 11.3. The second kappa shape index (κ2) is 4.35. The van der Waals surface area contributed by atoms with E-state index in [4.69, 9.17) is 0 Å². The van der Waals surface area contributed by atoms with Crippen molar-refractivity contribution in [2.75, 3.05) is 0 Å². The summed E-state index contributed by atoms with van der Waals surface area (Å²) >= 11 is 0. The number of rotatable bonds is 1. The maximum absolute atomic E-state index is 2.41. The van der Waals surface area contributed by atoms with Crippen LogP contribution in [0.2, 0.25) is 0 Å². The van der Waals surface area contributed by atoms with Crippen LogP contribution >= 0.6 is 0 Å². The Kier molecular flexibility index (Phi) is 2.48. The normalized spacial score (nSPS) is 23.1. The molecule has 0 unspecified atom stereocenters. The van der Waals surface area contributed by atoms with Crippen LogP contribution in [0.1, 0.15) is 51.8 Å². The Bertz CT molecular complexity index is 885. The van der Waals surface area contributed by atoms with Crippen LogP contribution < -0.4 is 0 Å². The Labute approximate surface area is 137 Å². The van der Waals surface area contributed by atoms with Crippen molar-refractivity contribution < 1.29 is 0 Å². The van der Waals surface area contributed by atoms with Crippen molar-refractivity contribution in [3.63, 3.8) is 0 Å². The maximum atomic E-state index is 2.41. The Morgan fingerprint density at radius 3 is 1.91 bits per heavy atom. The molecule has 0 amide bonds. The highest BCUT2D eigenvalue weighted by atomic mass is 14.5. The molecule has 2 bridgehead atoms. The summed E-state index contributed by atoms with van der Waals surface area (Å²) in [7, 11) is 0. The molecule has 0 nitrogen and oxygen atoms in total. The van der Waals surface area contributed by atoms with Gasteiger partial charge in [0.05, 0.1) is 0 Å². The summed E-state index contributed by atoms with van der Waals surface area (Å²) in [5.41, 5.74) is 10.2. The lowest BCUT2D eigenvalue weighted by Gasteiger charge is -2.56. The third-order valence-corrected chi connectivity index (χ3v) is 5.84.